The lowest BCUT2D eigenvalue weighted by Crippen LogP contribution is -2.11. The van der Waals surface area contributed by atoms with Crippen LogP contribution in [0.2, 0.25) is 0 Å². The van der Waals surface area contributed by atoms with Crippen molar-refractivity contribution in [3.63, 3.8) is 0 Å². The normalized spacial score (nSPS) is 10.6. The van der Waals surface area contributed by atoms with Crippen LogP contribution in [0.1, 0.15) is 34.0 Å². The van der Waals surface area contributed by atoms with E-state index in [2.05, 4.69) is 0 Å². The van der Waals surface area contributed by atoms with Gasteiger partial charge in [0.25, 0.3) is 5.69 Å². The van der Waals surface area contributed by atoms with Crippen molar-refractivity contribution >= 4 is 11.5 Å². The van der Waals surface area contributed by atoms with Gasteiger partial charge in [-0.25, -0.2) is 0 Å². The van der Waals surface area contributed by atoms with Gasteiger partial charge in [-0.2, -0.15) is 0 Å². The van der Waals surface area contributed by atoms with Crippen LogP contribution < -0.4 is 0 Å². The molecule has 0 bridgehead atoms. The van der Waals surface area contributed by atoms with Gasteiger partial charge in [0.05, 0.1) is 17.1 Å². The molecule has 0 aliphatic heterocycles. The lowest BCUT2D eigenvalue weighted by atomic mass is 9.90. The second-order valence-corrected chi connectivity index (χ2v) is 5.48. The molecule has 25 heavy (non-hydrogen) atoms. The number of nitro groups is 1. The molecule has 0 aliphatic rings. The fourth-order valence-corrected chi connectivity index (χ4v) is 2.76. The molecule has 0 saturated carbocycles. The van der Waals surface area contributed by atoms with Crippen LogP contribution in [-0.4, -0.2) is 34.6 Å². The van der Waals surface area contributed by atoms with E-state index in [9.17, 15) is 25.1 Å². The minimum atomic E-state index is -0.550. The number of ether oxygens (including phenoxy) is 1. The molecule has 2 N–H and O–H groups in total. The van der Waals surface area contributed by atoms with Crippen LogP contribution in [-0.2, 0) is 17.6 Å². The zero-order valence-electron chi connectivity index (χ0n) is 14.0. The highest BCUT2D eigenvalue weighted by Gasteiger charge is 2.23. The number of aromatic hydroxyl groups is 2. The van der Waals surface area contributed by atoms with Gasteiger partial charge in [0, 0.05) is 30.9 Å². The number of nitro benzene ring substituents is 1. The van der Waals surface area contributed by atoms with Crippen molar-refractivity contribution in [2.75, 3.05) is 13.7 Å². The highest BCUT2D eigenvalue weighted by Crippen LogP contribution is 2.35. The minimum Gasteiger partial charge on any atom is -0.508 e. The second-order valence-electron chi connectivity index (χ2n) is 5.48. The number of methoxy groups -OCH3 is 1. The number of nitrogens with zero attached hydrogens (tertiary/aromatic N) is 1. The smallest absolute Gasteiger partial charge is 0.269 e. The Morgan fingerprint density at radius 1 is 1.16 bits per heavy atom. The van der Waals surface area contributed by atoms with E-state index < -0.39 is 10.7 Å². The summed E-state index contributed by atoms with van der Waals surface area (Å²) in [5, 5.41) is 31.0. The molecule has 0 unspecified atom stereocenters. The van der Waals surface area contributed by atoms with E-state index in [1.165, 1.54) is 31.4 Å². The van der Waals surface area contributed by atoms with Crippen LogP contribution in [0.15, 0.2) is 30.3 Å². The van der Waals surface area contributed by atoms with Gasteiger partial charge in [-0.1, -0.05) is 6.92 Å². The molecule has 132 valence electrons. The molecule has 7 nitrogen and oxygen atoms in total. The minimum absolute atomic E-state index is 0.0775. The Hall–Kier alpha value is -2.93. The quantitative estimate of drug-likeness (QED) is 0.453. The third-order valence-corrected chi connectivity index (χ3v) is 3.98. The van der Waals surface area contributed by atoms with E-state index in [1.54, 1.807) is 0 Å². The van der Waals surface area contributed by atoms with E-state index in [1.807, 2.05) is 6.92 Å². The number of hydrogen-bond acceptors (Lipinski definition) is 6. The van der Waals surface area contributed by atoms with Gasteiger partial charge < -0.3 is 14.9 Å². The molecule has 0 atom stereocenters. The predicted molar refractivity (Wildman–Crippen MR) is 91.3 cm³/mol. The van der Waals surface area contributed by atoms with Gasteiger partial charge in [0.1, 0.15) is 11.5 Å². The fraction of sp³-hybridized carbons (Fsp3) is 0.278. The number of hydrogen-bond donors (Lipinski definition) is 2. The van der Waals surface area contributed by atoms with Gasteiger partial charge in [-0.05, 0) is 36.1 Å². The van der Waals surface area contributed by atoms with Gasteiger partial charge in [0.15, 0.2) is 5.78 Å². The van der Waals surface area contributed by atoms with Crippen molar-refractivity contribution in [2.24, 2.45) is 0 Å². The molecule has 0 saturated heterocycles. The Morgan fingerprint density at radius 2 is 1.80 bits per heavy atom. The summed E-state index contributed by atoms with van der Waals surface area (Å²) in [6.07, 6.45) is 0.821. The molecule has 0 fully saturated rings. The number of phenolic OH excluding ortho intramolecular Hbond substituents is 2. The molecule has 2 rings (SSSR count). The number of rotatable bonds is 7. The maximum atomic E-state index is 12.9. The Kier molecular flexibility index (Phi) is 5.71. The van der Waals surface area contributed by atoms with E-state index >= 15 is 0 Å². The molecule has 0 heterocycles. The average Bonchev–Trinajstić information content (AvgIpc) is 2.59. The molecule has 2 aromatic carbocycles. The summed E-state index contributed by atoms with van der Waals surface area (Å²) in [6, 6.07) is 6.31. The van der Waals surface area contributed by atoms with Crippen molar-refractivity contribution in [3.8, 4) is 11.5 Å². The summed E-state index contributed by atoms with van der Waals surface area (Å²) >= 11 is 0. The van der Waals surface area contributed by atoms with E-state index in [-0.39, 0.29) is 28.3 Å². The van der Waals surface area contributed by atoms with Crippen LogP contribution >= 0.6 is 0 Å². The summed E-state index contributed by atoms with van der Waals surface area (Å²) in [5.74, 6) is -0.872. The first-order valence-electron chi connectivity index (χ1n) is 7.75. The number of phenols is 2. The molecule has 0 aromatic heterocycles. The predicted octanol–water partition coefficient (Wildman–Crippen LogP) is 2.99. The summed E-state index contributed by atoms with van der Waals surface area (Å²) in [4.78, 5) is 23.0. The Morgan fingerprint density at radius 3 is 2.32 bits per heavy atom. The number of carbonyl (C=O) groups excluding carboxylic acids is 1. The lowest BCUT2D eigenvalue weighted by Gasteiger charge is -2.16. The molecule has 2 aromatic rings. The topological polar surface area (TPSA) is 110 Å². The largest absolute Gasteiger partial charge is 0.508 e. The third kappa shape index (κ3) is 3.77. The standard InChI is InChI=1S/C18H19NO6/c1-3-13-14(8-9-25-2)17(16(21)10-15(13)20)18(22)11-4-6-12(7-5-11)19(23)24/h4-7,10,20-21H,3,8-9H2,1-2H3. The van der Waals surface area contributed by atoms with Crippen LogP contribution in [0.3, 0.4) is 0 Å². The van der Waals surface area contributed by atoms with Gasteiger partial charge in [-0.3, -0.25) is 14.9 Å². The molecule has 7 heteroatoms. The maximum Gasteiger partial charge on any atom is 0.269 e. The van der Waals surface area contributed by atoms with E-state index in [0.717, 1.165) is 6.07 Å². The van der Waals surface area contributed by atoms with E-state index in [4.69, 9.17) is 4.74 Å². The van der Waals surface area contributed by atoms with Crippen molar-refractivity contribution in [1.82, 2.24) is 0 Å². The molecular formula is C18H19NO6. The van der Waals surface area contributed by atoms with Crippen molar-refractivity contribution < 1.29 is 24.7 Å². The Bertz CT molecular complexity index is 798. The first kappa shape index (κ1) is 18.4. The van der Waals surface area contributed by atoms with Crippen molar-refractivity contribution in [1.29, 1.82) is 0 Å². The zero-order chi connectivity index (χ0) is 18.6. The second kappa shape index (κ2) is 7.76. The number of benzene rings is 2. The summed E-state index contributed by atoms with van der Waals surface area (Å²) in [6.45, 7) is 2.15. The van der Waals surface area contributed by atoms with Gasteiger partial charge in [-0.15, -0.1) is 0 Å². The molecule has 0 aliphatic carbocycles. The lowest BCUT2D eigenvalue weighted by molar-refractivity contribution is -0.384. The monoisotopic (exact) mass is 345 g/mol. The van der Waals surface area contributed by atoms with E-state index in [0.29, 0.717) is 30.6 Å². The first-order chi connectivity index (χ1) is 11.9. The summed E-state index contributed by atoms with van der Waals surface area (Å²) in [7, 11) is 1.52. The molecular weight excluding hydrogens is 326 g/mol. The van der Waals surface area contributed by atoms with Crippen LogP contribution in [0.25, 0.3) is 0 Å². The molecule has 0 amide bonds. The molecule has 0 radical (unpaired) electrons. The molecule has 0 spiro atoms. The average molecular weight is 345 g/mol. The van der Waals surface area contributed by atoms with Crippen molar-refractivity contribution in [2.45, 2.75) is 19.8 Å². The third-order valence-electron chi connectivity index (χ3n) is 3.98. The van der Waals surface area contributed by atoms with Crippen LogP contribution in [0.4, 0.5) is 5.69 Å². The van der Waals surface area contributed by atoms with Crippen molar-refractivity contribution in [3.05, 3.63) is 62.7 Å². The Labute approximate surface area is 144 Å². The van der Waals surface area contributed by atoms with Gasteiger partial charge >= 0.3 is 0 Å². The fourth-order valence-electron chi connectivity index (χ4n) is 2.76. The zero-order valence-corrected chi connectivity index (χ0v) is 14.0. The van der Waals surface area contributed by atoms with Crippen LogP contribution in [0, 0.1) is 10.1 Å². The highest BCUT2D eigenvalue weighted by molar-refractivity contribution is 6.12. The van der Waals surface area contributed by atoms with Crippen LogP contribution in [0.5, 0.6) is 11.5 Å². The Balaban J connectivity index is 2.55. The summed E-state index contributed by atoms with van der Waals surface area (Å²) < 4.78 is 5.06. The SMILES string of the molecule is CCc1c(O)cc(O)c(C(=O)c2ccc([N+](=O)[O-])cc2)c1CCOC. The first-order valence-corrected chi connectivity index (χ1v) is 7.75. The maximum absolute atomic E-state index is 12.9. The number of ketones is 1. The number of carbonyl (C=O) groups is 1. The number of non-ortho nitro benzene ring substituents is 1. The van der Waals surface area contributed by atoms with Gasteiger partial charge in [0.2, 0.25) is 0 Å². The summed E-state index contributed by atoms with van der Waals surface area (Å²) in [5.41, 5.74) is 1.26. The highest BCUT2D eigenvalue weighted by atomic mass is 16.6.